The highest BCUT2D eigenvalue weighted by molar-refractivity contribution is 5.82. The first-order valence-corrected chi connectivity index (χ1v) is 7.60. The van der Waals surface area contributed by atoms with Gasteiger partial charge in [-0.1, -0.05) is 26.7 Å². The smallest absolute Gasteiger partial charge is 0.326 e. The lowest BCUT2D eigenvalue weighted by atomic mass is 10.0. The fourth-order valence-corrected chi connectivity index (χ4v) is 2.83. The van der Waals surface area contributed by atoms with Gasteiger partial charge in [-0.15, -0.1) is 0 Å². The molecule has 0 radical (unpaired) electrons. The minimum atomic E-state index is -0.884. The third-order valence-electron chi connectivity index (χ3n) is 4.06. The van der Waals surface area contributed by atoms with Crippen LogP contribution in [0.1, 0.15) is 52.9 Å². The maximum absolute atomic E-state index is 12.6. The van der Waals surface area contributed by atoms with Crippen molar-refractivity contribution >= 4 is 12.0 Å². The Hall–Kier alpha value is -1.26. The minimum absolute atomic E-state index is 0.125. The molecule has 0 aromatic carbocycles. The third kappa shape index (κ3) is 4.39. The number of urea groups is 1. The molecule has 1 saturated heterocycles. The summed E-state index contributed by atoms with van der Waals surface area (Å²) in [7, 11) is 1.78. The van der Waals surface area contributed by atoms with Gasteiger partial charge in [0, 0.05) is 19.6 Å². The van der Waals surface area contributed by atoms with Crippen LogP contribution in [0.25, 0.3) is 0 Å². The molecule has 2 atom stereocenters. The van der Waals surface area contributed by atoms with E-state index in [4.69, 9.17) is 0 Å². The first kappa shape index (κ1) is 16.8. The van der Waals surface area contributed by atoms with Gasteiger partial charge in [-0.2, -0.15) is 0 Å². The van der Waals surface area contributed by atoms with Crippen molar-refractivity contribution in [2.24, 2.45) is 5.92 Å². The van der Waals surface area contributed by atoms with E-state index in [1.54, 1.807) is 16.8 Å². The fourth-order valence-electron chi connectivity index (χ4n) is 2.83. The van der Waals surface area contributed by atoms with Crippen LogP contribution in [0.2, 0.25) is 0 Å². The van der Waals surface area contributed by atoms with Crippen molar-refractivity contribution in [2.75, 3.05) is 13.6 Å². The van der Waals surface area contributed by atoms with Gasteiger partial charge in [0.1, 0.15) is 6.04 Å². The molecule has 0 aromatic rings. The number of carbonyl (C=O) groups excluding carboxylic acids is 1. The molecule has 0 aliphatic carbocycles. The van der Waals surface area contributed by atoms with Crippen LogP contribution in [0, 0.1) is 5.92 Å². The summed E-state index contributed by atoms with van der Waals surface area (Å²) in [6.07, 6.45) is 4.26. The van der Waals surface area contributed by atoms with Gasteiger partial charge in [-0.05, 0) is 32.1 Å². The van der Waals surface area contributed by atoms with Crippen molar-refractivity contribution in [1.29, 1.82) is 0 Å². The van der Waals surface area contributed by atoms with Crippen molar-refractivity contribution in [3.8, 4) is 0 Å². The number of aliphatic carboxylic acids is 1. The first-order chi connectivity index (χ1) is 9.34. The number of carbonyl (C=O) groups is 2. The summed E-state index contributed by atoms with van der Waals surface area (Å²) in [4.78, 5) is 27.2. The van der Waals surface area contributed by atoms with E-state index in [-0.39, 0.29) is 12.1 Å². The molecule has 1 rings (SSSR count). The van der Waals surface area contributed by atoms with Gasteiger partial charge in [-0.3, -0.25) is 0 Å². The SMILES string of the molecule is CC(C)CC(C)N(C)C(=O)N1CCCCCC1C(=O)O. The van der Waals surface area contributed by atoms with Crippen LogP contribution in [-0.2, 0) is 4.79 Å². The van der Waals surface area contributed by atoms with E-state index in [0.717, 1.165) is 25.7 Å². The topological polar surface area (TPSA) is 60.9 Å². The molecule has 116 valence electrons. The summed E-state index contributed by atoms with van der Waals surface area (Å²) in [6.45, 7) is 6.82. The van der Waals surface area contributed by atoms with Crippen LogP contribution in [0.15, 0.2) is 0 Å². The van der Waals surface area contributed by atoms with Gasteiger partial charge < -0.3 is 14.9 Å². The lowest BCUT2D eigenvalue weighted by molar-refractivity contribution is -0.142. The molecule has 1 aliphatic heterocycles. The minimum Gasteiger partial charge on any atom is -0.480 e. The Labute approximate surface area is 121 Å². The second kappa shape index (κ2) is 7.50. The summed E-state index contributed by atoms with van der Waals surface area (Å²) in [6, 6.07) is -0.689. The number of carboxylic acids is 1. The number of likely N-dealkylation sites (tertiary alicyclic amines) is 1. The summed E-state index contributed by atoms with van der Waals surface area (Å²) in [5.74, 6) is -0.371. The quantitative estimate of drug-likeness (QED) is 0.863. The molecule has 20 heavy (non-hydrogen) atoms. The molecule has 0 saturated carbocycles. The highest BCUT2D eigenvalue weighted by Crippen LogP contribution is 2.20. The van der Waals surface area contributed by atoms with Gasteiger partial charge in [0.2, 0.25) is 0 Å². The number of hydrogen-bond acceptors (Lipinski definition) is 2. The summed E-state index contributed by atoms with van der Waals surface area (Å²) < 4.78 is 0. The average molecular weight is 284 g/mol. The Morgan fingerprint density at radius 1 is 1.25 bits per heavy atom. The molecule has 1 heterocycles. The van der Waals surface area contributed by atoms with Crippen molar-refractivity contribution in [2.45, 2.75) is 65.0 Å². The first-order valence-electron chi connectivity index (χ1n) is 7.60. The van der Waals surface area contributed by atoms with Crippen molar-refractivity contribution in [3.05, 3.63) is 0 Å². The van der Waals surface area contributed by atoms with E-state index in [1.807, 2.05) is 6.92 Å². The average Bonchev–Trinajstić information content (AvgIpc) is 2.61. The Morgan fingerprint density at radius 3 is 2.45 bits per heavy atom. The van der Waals surface area contributed by atoms with Crippen LogP contribution in [0.5, 0.6) is 0 Å². The van der Waals surface area contributed by atoms with E-state index < -0.39 is 12.0 Å². The van der Waals surface area contributed by atoms with Crippen LogP contribution in [0.4, 0.5) is 4.79 Å². The molecule has 0 spiro atoms. The lowest BCUT2D eigenvalue weighted by Gasteiger charge is -2.34. The highest BCUT2D eigenvalue weighted by atomic mass is 16.4. The largest absolute Gasteiger partial charge is 0.480 e. The summed E-state index contributed by atoms with van der Waals surface area (Å²) in [5, 5.41) is 9.34. The zero-order chi connectivity index (χ0) is 15.3. The molecule has 0 bridgehead atoms. The van der Waals surface area contributed by atoms with Gasteiger partial charge in [0.05, 0.1) is 0 Å². The van der Waals surface area contributed by atoms with E-state index in [9.17, 15) is 14.7 Å². The van der Waals surface area contributed by atoms with Crippen LogP contribution in [-0.4, -0.2) is 52.6 Å². The van der Waals surface area contributed by atoms with Crippen molar-refractivity contribution in [3.63, 3.8) is 0 Å². The molecular weight excluding hydrogens is 256 g/mol. The Balaban J connectivity index is 2.77. The second-order valence-electron chi connectivity index (χ2n) is 6.27. The van der Waals surface area contributed by atoms with E-state index >= 15 is 0 Å². The highest BCUT2D eigenvalue weighted by Gasteiger charge is 2.33. The van der Waals surface area contributed by atoms with Crippen LogP contribution >= 0.6 is 0 Å². The molecule has 2 unspecified atom stereocenters. The van der Waals surface area contributed by atoms with Gasteiger partial charge >= 0.3 is 12.0 Å². The second-order valence-corrected chi connectivity index (χ2v) is 6.27. The molecule has 1 N–H and O–H groups in total. The van der Waals surface area contributed by atoms with E-state index in [0.29, 0.717) is 18.9 Å². The number of nitrogens with zero attached hydrogens (tertiary/aromatic N) is 2. The van der Waals surface area contributed by atoms with Gasteiger partial charge in [0.25, 0.3) is 0 Å². The normalized spacial score (nSPS) is 21.4. The molecule has 5 heteroatoms. The van der Waals surface area contributed by atoms with Crippen molar-refractivity contribution in [1.82, 2.24) is 9.80 Å². The Bertz CT molecular complexity index is 344. The molecule has 2 amide bonds. The number of rotatable bonds is 4. The molecule has 1 aliphatic rings. The molecule has 0 aromatic heterocycles. The Kier molecular flexibility index (Phi) is 6.30. The number of carboxylic acid groups (broad SMARTS) is 1. The third-order valence-corrected chi connectivity index (χ3v) is 4.06. The lowest BCUT2D eigenvalue weighted by Crippen LogP contribution is -2.52. The fraction of sp³-hybridized carbons (Fsp3) is 0.867. The predicted molar refractivity (Wildman–Crippen MR) is 78.7 cm³/mol. The standard InChI is InChI=1S/C15H28N2O3/c1-11(2)10-12(3)16(4)15(20)17-9-7-5-6-8-13(17)14(18)19/h11-13H,5-10H2,1-4H3,(H,18,19). The maximum Gasteiger partial charge on any atom is 0.326 e. The van der Waals surface area contributed by atoms with Gasteiger partial charge in [0.15, 0.2) is 0 Å². The van der Waals surface area contributed by atoms with Crippen LogP contribution in [0.3, 0.4) is 0 Å². The van der Waals surface area contributed by atoms with Crippen LogP contribution < -0.4 is 0 Å². The monoisotopic (exact) mass is 284 g/mol. The number of hydrogen-bond donors (Lipinski definition) is 1. The van der Waals surface area contributed by atoms with Crippen molar-refractivity contribution < 1.29 is 14.7 Å². The summed E-state index contributed by atoms with van der Waals surface area (Å²) in [5.41, 5.74) is 0. The predicted octanol–water partition coefficient (Wildman–Crippen LogP) is 2.80. The van der Waals surface area contributed by atoms with Gasteiger partial charge in [-0.25, -0.2) is 9.59 Å². The summed E-state index contributed by atoms with van der Waals surface area (Å²) >= 11 is 0. The zero-order valence-electron chi connectivity index (χ0n) is 13.1. The van der Waals surface area contributed by atoms with E-state index in [1.165, 1.54) is 0 Å². The molecular formula is C15H28N2O3. The number of amides is 2. The van der Waals surface area contributed by atoms with E-state index in [2.05, 4.69) is 13.8 Å². The zero-order valence-corrected chi connectivity index (χ0v) is 13.1. The Morgan fingerprint density at radius 2 is 1.90 bits per heavy atom. The molecule has 5 nitrogen and oxygen atoms in total. The molecule has 1 fully saturated rings. The maximum atomic E-state index is 12.6.